The summed E-state index contributed by atoms with van der Waals surface area (Å²) in [5, 5.41) is 2.42. The van der Waals surface area contributed by atoms with Crippen LogP contribution in [0, 0.1) is 13.8 Å². The van der Waals surface area contributed by atoms with Crippen molar-refractivity contribution in [2.45, 2.75) is 13.8 Å². The molecule has 0 saturated carbocycles. The Morgan fingerprint density at radius 1 is 1.50 bits per heavy atom. The number of nitrogens with one attached hydrogen (secondary N) is 1. The molecule has 0 saturated heterocycles. The minimum Gasteiger partial charge on any atom is -0.372 e. The molecule has 1 aromatic rings. The zero-order chi connectivity index (χ0) is 12.3. The average molecular weight is 225 g/mol. The first-order chi connectivity index (χ1) is 7.47. The van der Waals surface area contributed by atoms with E-state index in [-0.39, 0.29) is 12.5 Å². The van der Waals surface area contributed by atoms with Gasteiger partial charge in [0.2, 0.25) is 0 Å². The predicted molar refractivity (Wildman–Crippen MR) is 57.5 cm³/mol. The lowest BCUT2D eigenvalue weighted by molar-refractivity contribution is -0.142. The maximum absolute atomic E-state index is 11.7. The van der Waals surface area contributed by atoms with Crippen molar-refractivity contribution in [2.24, 2.45) is 12.9 Å². The lowest BCUT2D eigenvalue weighted by Crippen LogP contribution is -2.31. The molecule has 0 aliphatic heterocycles. The van der Waals surface area contributed by atoms with Gasteiger partial charge in [-0.25, -0.2) is 4.79 Å². The van der Waals surface area contributed by atoms with Crippen LogP contribution < -0.4 is 11.2 Å². The second-order valence-electron chi connectivity index (χ2n) is 3.52. The highest BCUT2D eigenvalue weighted by atomic mass is 16.7. The van der Waals surface area contributed by atoms with Gasteiger partial charge in [-0.3, -0.25) is 4.79 Å². The van der Waals surface area contributed by atoms with Crippen molar-refractivity contribution in [1.82, 2.24) is 9.88 Å². The SMILES string of the molecule is Cc1cc(C(=O)NCC(=O)ON)c(C)n1C. The van der Waals surface area contributed by atoms with Crippen LogP contribution in [0.15, 0.2) is 6.07 Å². The zero-order valence-electron chi connectivity index (χ0n) is 9.53. The fraction of sp³-hybridized carbons (Fsp3) is 0.400. The summed E-state index contributed by atoms with van der Waals surface area (Å²) in [4.78, 5) is 26.4. The molecule has 0 radical (unpaired) electrons. The number of carbonyl (C=O) groups excluding carboxylic acids is 2. The van der Waals surface area contributed by atoms with Gasteiger partial charge in [-0.05, 0) is 19.9 Å². The number of aryl methyl sites for hydroxylation is 1. The van der Waals surface area contributed by atoms with Crippen LogP contribution in [0.3, 0.4) is 0 Å². The van der Waals surface area contributed by atoms with Gasteiger partial charge in [0, 0.05) is 18.4 Å². The molecule has 1 rings (SSSR count). The Morgan fingerprint density at radius 2 is 2.12 bits per heavy atom. The first kappa shape index (κ1) is 12.3. The topological polar surface area (TPSA) is 86.3 Å². The second-order valence-corrected chi connectivity index (χ2v) is 3.52. The molecule has 0 bridgehead atoms. The van der Waals surface area contributed by atoms with Crippen LogP contribution in [0.1, 0.15) is 21.7 Å². The van der Waals surface area contributed by atoms with Gasteiger partial charge in [-0.15, -0.1) is 0 Å². The summed E-state index contributed by atoms with van der Waals surface area (Å²) >= 11 is 0. The molecule has 0 unspecified atom stereocenters. The molecule has 0 spiro atoms. The van der Waals surface area contributed by atoms with Crippen LogP contribution in [0.4, 0.5) is 0 Å². The lowest BCUT2D eigenvalue weighted by Gasteiger charge is -2.03. The van der Waals surface area contributed by atoms with Crippen LogP contribution in [-0.4, -0.2) is 23.0 Å². The van der Waals surface area contributed by atoms with E-state index in [2.05, 4.69) is 16.1 Å². The molecule has 6 nitrogen and oxygen atoms in total. The minimum atomic E-state index is -0.682. The average Bonchev–Trinajstić information content (AvgIpc) is 2.53. The van der Waals surface area contributed by atoms with Crippen molar-refractivity contribution in [3.8, 4) is 0 Å². The van der Waals surface area contributed by atoms with Crippen molar-refractivity contribution < 1.29 is 14.4 Å². The normalized spacial score (nSPS) is 10.0. The van der Waals surface area contributed by atoms with Crippen molar-refractivity contribution in [1.29, 1.82) is 0 Å². The number of rotatable bonds is 3. The molecule has 88 valence electrons. The van der Waals surface area contributed by atoms with Crippen LogP contribution in [0.2, 0.25) is 0 Å². The fourth-order valence-corrected chi connectivity index (χ4v) is 1.37. The summed E-state index contributed by atoms with van der Waals surface area (Å²) in [6.07, 6.45) is 0. The van der Waals surface area contributed by atoms with E-state index in [1.807, 2.05) is 25.5 Å². The number of aromatic nitrogens is 1. The fourth-order valence-electron chi connectivity index (χ4n) is 1.37. The monoisotopic (exact) mass is 225 g/mol. The molecule has 1 amide bonds. The van der Waals surface area contributed by atoms with Crippen molar-refractivity contribution in [3.63, 3.8) is 0 Å². The van der Waals surface area contributed by atoms with Crippen molar-refractivity contribution >= 4 is 11.9 Å². The summed E-state index contributed by atoms with van der Waals surface area (Å²) in [7, 11) is 1.87. The zero-order valence-corrected chi connectivity index (χ0v) is 9.53. The summed E-state index contributed by atoms with van der Waals surface area (Å²) in [5.74, 6) is 3.65. The molecular weight excluding hydrogens is 210 g/mol. The summed E-state index contributed by atoms with van der Waals surface area (Å²) in [6, 6.07) is 1.76. The molecule has 16 heavy (non-hydrogen) atoms. The number of hydrogen-bond acceptors (Lipinski definition) is 4. The molecule has 0 fully saturated rings. The van der Waals surface area contributed by atoms with E-state index in [1.54, 1.807) is 6.07 Å². The van der Waals surface area contributed by atoms with E-state index in [1.165, 1.54) is 0 Å². The molecule has 1 heterocycles. The third-order valence-corrected chi connectivity index (χ3v) is 2.54. The van der Waals surface area contributed by atoms with E-state index >= 15 is 0 Å². The van der Waals surface area contributed by atoms with Crippen LogP contribution in [0.25, 0.3) is 0 Å². The van der Waals surface area contributed by atoms with Gasteiger partial charge in [0.15, 0.2) is 0 Å². The largest absolute Gasteiger partial charge is 0.372 e. The minimum absolute atomic E-state index is 0.233. The maximum atomic E-state index is 11.7. The highest BCUT2D eigenvalue weighted by molar-refractivity contribution is 5.97. The third-order valence-electron chi connectivity index (χ3n) is 2.54. The van der Waals surface area contributed by atoms with Crippen LogP contribution in [0.5, 0.6) is 0 Å². The van der Waals surface area contributed by atoms with Gasteiger partial charge in [0.1, 0.15) is 6.54 Å². The third kappa shape index (κ3) is 2.40. The quantitative estimate of drug-likeness (QED) is 0.697. The van der Waals surface area contributed by atoms with Gasteiger partial charge in [-0.2, -0.15) is 5.90 Å². The predicted octanol–water partition coefficient (Wildman–Crippen LogP) is -0.211. The number of nitrogens with zero attached hydrogens (tertiary/aromatic N) is 1. The number of hydrogen-bond donors (Lipinski definition) is 2. The Morgan fingerprint density at radius 3 is 2.56 bits per heavy atom. The summed E-state index contributed by atoms with van der Waals surface area (Å²) in [5.41, 5.74) is 2.37. The van der Waals surface area contributed by atoms with Gasteiger partial charge in [0.25, 0.3) is 5.91 Å². The van der Waals surface area contributed by atoms with E-state index in [0.29, 0.717) is 5.56 Å². The maximum Gasteiger partial charge on any atom is 0.343 e. The van der Waals surface area contributed by atoms with Gasteiger partial charge < -0.3 is 14.7 Å². The van der Waals surface area contributed by atoms with Crippen molar-refractivity contribution in [2.75, 3.05) is 6.54 Å². The lowest BCUT2D eigenvalue weighted by atomic mass is 10.2. The Kier molecular flexibility index (Phi) is 3.68. The molecule has 3 N–H and O–H groups in total. The Balaban J connectivity index is 2.74. The van der Waals surface area contributed by atoms with Gasteiger partial charge in [0.05, 0.1) is 5.56 Å². The Hall–Kier alpha value is -1.82. The summed E-state index contributed by atoms with van der Waals surface area (Å²) in [6.45, 7) is 3.50. The smallest absolute Gasteiger partial charge is 0.343 e. The number of amides is 1. The van der Waals surface area contributed by atoms with E-state index < -0.39 is 5.97 Å². The molecule has 0 aromatic carbocycles. The second kappa shape index (κ2) is 4.80. The first-order valence-electron chi connectivity index (χ1n) is 4.78. The number of carbonyl (C=O) groups is 2. The first-order valence-corrected chi connectivity index (χ1v) is 4.78. The molecule has 0 aliphatic rings. The highest BCUT2D eigenvalue weighted by Gasteiger charge is 2.14. The Labute approximate surface area is 93.3 Å². The standard InChI is InChI=1S/C10H15N3O3/c1-6-4-8(7(2)13(6)3)10(15)12-5-9(14)16-11/h4H,5,11H2,1-3H3,(H,12,15). The van der Waals surface area contributed by atoms with E-state index in [4.69, 9.17) is 0 Å². The van der Waals surface area contributed by atoms with Crippen LogP contribution >= 0.6 is 0 Å². The Bertz CT molecular complexity index is 423. The summed E-state index contributed by atoms with van der Waals surface area (Å²) < 4.78 is 1.90. The molecule has 1 aromatic heterocycles. The molecule has 6 heteroatoms. The molecular formula is C10H15N3O3. The van der Waals surface area contributed by atoms with Crippen molar-refractivity contribution in [3.05, 3.63) is 23.0 Å². The van der Waals surface area contributed by atoms with E-state index in [0.717, 1.165) is 11.4 Å². The number of nitrogens with two attached hydrogens (primary N) is 1. The van der Waals surface area contributed by atoms with Gasteiger partial charge in [-0.1, -0.05) is 0 Å². The highest BCUT2D eigenvalue weighted by Crippen LogP contribution is 2.12. The van der Waals surface area contributed by atoms with Crippen LogP contribution in [-0.2, 0) is 16.7 Å². The van der Waals surface area contributed by atoms with E-state index in [9.17, 15) is 9.59 Å². The molecule has 0 atom stereocenters. The van der Waals surface area contributed by atoms with Gasteiger partial charge >= 0.3 is 5.97 Å². The molecule has 0 aliphatic carbocycles.